The predicted octanol–water partition coefficient (Wildman–Crippen LogP) is 2.14. The molecule has 0 saturated carbocycles. The molecular formula is C13H21FN2O2S. The van der Waals surface area contributed by atoms with E-state index >= 15 is 0 Å². The highest BCUT2D eigenvalue weighted by molar-refractivity contribution is 7.89. The molecule has 19 heavy (non-hydrogen) atoms. The molecule has 0 heterocycles. The minimum absolute atomic E-state index is 0.175. The minimum Gasteiger partial charge on any atom is -0.326 e. The third kappa shape index (κ3) is 4.56. The molecule has 0 aliphatic carbocycles. The first-order valence-electron chi connectivity index (χ1n) is 6.41. The number of halogens is 1. The van der Waals surface area contributed by atoms with Gasteiger partial charge in [-0.3, -0.25) is 0 Å². The summed E-state index contributed by atoms with van der Waals surface area (Å²) in [6, 6.07) is 3.68. The van der Waals surface area contributed by atoms with Gasteiger partial charge in [-0.05, 0) is 31.0 Å². The summed E-state index contributed by atoms with van der Waals surface area (Å²) >= 11 is 0. The first-order valence-corrected chi connectivity index (χ1v) is 7.89. The van der Waals surface area contributed by atoms with Crippen LogP contribution in [0.25, 0.3) is 0 Å². The maximum atomic E-state index is 13.6. The summed E-state index contributed by atoms with van der Waals surface area (Å²) in [5, 5.41) is 0. The van der Waals surface area contributed by atoms with E-state index in [2.05, 4.69) is 4.72 Å². The topological polar surface area (TPSA) is 72.2 Å². The third-order valence-electron chi connectivity index (χ3n) is 2.87. The lowest BCUT2D eigenvalue weighted by molar-refractivity contribution is 0.524. The van der Waals surface area contributed by atoms with Gasteiger partial charge >= 0.3 is 0 Å². The van der Waals surface area contributed by atoms with Gasteiger partial charge in [0.15, 0.2) is 0 Å². The lowest BCUT2D eigenvalue weighted by Gasteiger charge is -2.14. The van der Waals surface area contributed by atoms with Crippen molar-refractivity contribution in [2.45, 2.75) is 50.6 Å². The largest absolute Gasteiger partial charge is 0.326 e. The number of sulfonamides is 1. The van der Waals surface area contributed by atoms with Crippen LogP contribution in [0.3, 0.4) is 0 Å². The fourth-order valence-corrected chi connectivity index (χ4v) is 3.18. The molecule has 3 N–H and O–H groups in total. The molecular weight excluding hydrogens is 267 g/mol. The molecule has 108 valence electrons. The summed E-state index contributed by atoms with van der Waals surface area (Å²) in [6.07, 6.45) is 2.64. The van der Waals surface area contributed by atoms with Crippen molar-refractivity contribution in [3.8, 4) is 0 Å². The fourth-order valence-electron chi connectivity index (χ4n) is 1.78. The zero-order valence-corrected chi connectivity index (χ0v) is 12.1. The Hall–Kier alpha value is -0.980. The van der Waals surface area contributed by atoms with Crippen molar-refractivity contribution in [1.82, 2.24) is 4.72 Å². The second-order valence-electron chi connectivity index (χ2n) is 4.63. The van der Waals surface area contributed by atoms with E-state index in [1.807, 2.05) is 6.92 Å². The lowest BCUT2D eigenvalue weighted by Crippen LogP contribution is -2.33. The van der Waals surface area contributed by atoms with Gasteiger partial charge in [0.05, 0.1) is 0 Å². The van der Waals surface area contributed by atoms with Gasteiger partial charge < -0.3 is 5.73 Å². The molecule has 4 nitrogen and oxygen atoms in total. The highest BCUT2D eigenvalue weighted by atomic mass is 32.2. The van der Waals surface area contributed by atoms with Crippen LogP contribution in [0.4, 0.5) is 4.39 Å². The van der Waals surface area contributed by atoms with Crippen LogP contribution in [-0.4, -0.2) is 14.5 Å². The molecule has 0 aliphatic heterocycles. The van der Waals surface area contributed by atoms with Crippen LogP contribution in [0, 0.1) is 5.82 Å². The van der Waals surface area contributed by atoms with E-state index in [1.54, 1.807) is 6.92 Å². The van der Waals surface area contributed by atoms with Gasteiger partial charge in [-0.2, -0.15) is 0 Å². The molecule has 0 spiro atoms. The van der Waals surface area contributed by atoms with Crippen molar-refractivity contribution in [2.75, 3.05) is 0 Å². The van der Waals surface area contributed by atoms with Crippen molar-refractivity contribution in [2.24, 2.45) is 5.73 Å². The molecule has 0 radical (unpaired) electrons. The normalized spacial score (nSPS) is 13.5. The summed E-state index contributed by atoms with van der Waals surface area (Å²) in [5.41, 5.74) is 6.03. The molecule has 0 aliphatic rings. The van der Waals surface area contributed by atoms with Crippen LogP contribution < -0.4 is 10.5 Å². The molecule has 1 rings (SSSR count). The molecule has 1 atom stereocenters. The van der Waals surface area contributed by atoms with Crippen molar-refractivity contribution in [3.63, 3.8) is 0 Å². The molecule has 1 aromatic carbocycles. The van der Waals surface area contributed by atoms with Crippen LogP contribution in [0.2, 0.25) is 0 Å². The number of rotatable bonds is 7. The van der Waals surface area contributed by atoms with Crippen LogP contribution in [0.1, 0.15) is 38.7 Å². The molecule has 0 bridgehead atoms. The Kier molecular flexibility index (Phi) is 5.90. The van der Waals surface area contributed by atoms with Gasteiger partial charge in [0.25, 0.3) is 0 Å². The van der Waals surface area contributed by atoms with Crippen LogP contribution in [0.15, 0.2) is 23.1 Å². The zero-order chi connectivity index (χ0) is 14.5. The van der Waals surface area contributed by atoms with Gasteiger partial charge in [-0.25, -0.2) is 17.5 Å². The minimum atomic E-state index is -3.83. The molecule has 0 aromatic heterocycles. The van der Waals surface area contributed by atoms with Crippen LogP contribution >= 0.6 is 0 Å². The molecule has 1 unspecified atom stereocenters. The lowest BCUT2D eigenvalue weighted by atomic mass is 10.2. The van der Waals surface area contributed by atoms with Crippen LogP contribution in [0.5, 0.6) is 0 Å². The van der Waals surface area contributed by atoms with Crippen LogP contribution in [-0.2, 0) is 16.6 Å². The van der Waals surface area contributed by atoms with E-state index in [1.165, 1.54) is 12.1 Å². The average molecular weight is 288 g/mol. The number of nitrogens with one attached hydrogen (secondary N) is 1. The molecule has 0 amide bonds. The predicted molar refractivity (Wildman–Crippen MR) is 73.6 cm³/mol. The number of nitrogens with two attached hydrogens (primary N) is 1. The zero-order valence-electron chi connectivity index (χ0n) is 11.3. The second kappa shape index (κ2) is 6.98. The molecule has 0 saturated heterocycles. The van der Waals surface area contributed by atoms with Gasteiger partial charge in [-0.15, -0.1) is 0 Å². The van der Waals surface area contributed by atoms with Gasteiger partial charge in [0, 0.05) is 12.6 Å². The first kappa shape index (κ1) is 16.1. The summed E-state index contributed by atoms with van der Waals surface area (Å²) in [4.78, 5) is -0.334. The summed E-state index contributed by atoms with van der Waals surface area (Å²) in [7, 11) is -3.83. The smallest absolute Gasteiger partial charge is 0.243 e. The Morgan fingerprint density at radius 1 is 1.42 bits per heavy atom. The van der Waals surface area contributed by atoms with Crippen molar-refractivity contribution >= 4 is 10.0 Å². The third-order valence-corrected chi connectivity index (χ3v) is 4.47. The Bertz CT molecular complexity index is 517. The summed E-state index contributed by atoms with van der Waals surface area (Å²) in [5.74, 6) is -0.757. The van der Waals surface area contributed by atoms with Crippen molar-refractivity contribution in [1.29, 1.82) is 0 Å². The standard InChI is InChI=1S/C13H21FN2O2S/c1-3-4-5-10(2)16-19(17,18)13-8-11(9-15)6-7-12(13)14/h6-8,10,16H,3-5,9,15H2,1-2H3. The quantitative estimate of drug-likeness (QED) is 0.807. The van der Waals surface area contributed by atoms with Gasteiger partial charge in [0.1, 0.15) is 10.7 Å². The fraction of sp³-hybridized carbons (Fsp3) is 0.538. The highest BCUT2D eigenvalue weighted by Gasteiger charge is 2.21. The summed E-state index contributed by atoms with van der Waals surface area (Å²) < 4.78 is 40.3. The number of hydrogen-bond acceptors (Lipinski definition) is 3. The Balaban J connectivity index is 2.93. The summed E-state index contributed by atoms with van der Waals surface area (Å²) in [6.45, 7) is 3.98. The highest BCUT2D eigenvalue weighted by Crippen LogP contribution is 2.17. The van der Waals surface area contributed by atoms with Gasteiger partial charge in [0.2, 0.25) is 10.0 Å². The van der Waals surface area contributed by atoms with Crippen molar-refractivity contribution < 1.29 is 12.8 Å². The average Bonchev–Trinajstić information content (AvgIpc) is 2.36. The Labute approximate surface area is 114 Å². The maximum absolute atomic E-state index is 13.6. The Morgan fingerprint density at radius 3 is 2.68 bits per heavy atom. The Morgan fingerprint density at radius 2 is 2.11 bits per heavy atom. The monoisotopic (exact) mass is 288 g/mol. The number of unbranched alkanes of at least 4 members (excludes halogenated alkanes) is 1. The molecule has 6 heteroatoms. The van der Waals surface area contributed by atoms with E-state index in [0.717, 1.165) is 25.3 Å². The first-order chi connectivity index (χ1) is 8.90. The molecule has 1 aromatic rings. The SMILES string of the molecule is CCCCC(C)NS(=O)(=O)c1cc(CN)ccc1F. The van der Waals surface area contributed by atoms with E-state index < -0.39 is 15.8 Å². The van der Waals surface area contributed by atoms with E-state index in [-0.39, 0.29) is 17.5 Å². The second-order valence-corrected chi connectivity index (χ2v) is 6.32. The van der Waals surface area contributed by atoms with Crippen molar-refractivity contribution in [3.05, 3.63) is 29.6 Å². The van der Waals surface area contributed by atoms with Gasteiger partial charge in [-0.1, -0.05) is 25.8 Å². The number of hydrogen-bond donors (Lipinski definition) is 2. The molecule has 0 fully saturated rings. The van der Waals surface area contributed by atoms with E-state index in [9.17, 15) is 12.8 Å². The maximum Gasteiger partial charge on any atom is 0.243 e. The van der Waals surface area contributed by atoms with E-state index in [0.29, 0.717) is 5.56 Å². The number of benzene rings is 1. The van der Waals surface area contributed by atoms with E-state index in [4.69, 9.17) is 5.73 Å².